The summed E-state index contributed by atoms with van der Waals surface area (Å²) in [6.07, 6.45) is -21.7. The highest BCUT2D eigenvalue weighted by molar-refractivity contribution is 5.76. The second kappa shape index (κ2) is 21.1. The number of aliphatic hydroxyl groups is 12. The second-order valence-corrected chi connectivity index (χ2v) is 25.7. The fourth-order valence-corrected chi connectivity index (χ4v) is 16.3. The van der Waals surface area contributed by atoms with Crippen molar-refractivity contribution in [2.75, 3.05) is 26.4 Å². The Hall–Kier alpha value is -1.59. The van der Waals surface area contributed by atoms with E-state index in [1.54, 1.807) is 0 Å². The van der Waals surface area contributed by atoms with E-state index in [0.717, 1.165) is 44.9 Å². The van der Waals surface area contributed by atoms with Crippen LogP contribution in [0.25, 0.3) is 0 Å². The van der Waals surface area contributed by atoms with Crippen molar-refractivity contribution in [2.24, 2.45) is 50.2 Å². The lowest BCUT2D eigenvalue weighted by Crippen LogP contribution is -2.67. The second-order valence-electron chi connectivity index (χ2n) is 25.7. The first-order valence-corrected chi connectivity index (χ1v) is 27.3. The Kier molecular flexibility index (Phi) is 16.3. The molecule has 9 aliphatic rings. The van der Waals surface area contributed by atoms with Crippen LogP contribution in [0.4, 0.5) is 0 Å². The van der Waals surface area contributed by atoms with Crippen LogP contribution < -0.4 is 0 Å². The van der Waals surface area contributed by atoms with Gasteiger partial charge < -0.3 is 104 Å². The predicted molar refractivity (Wildman–Crippen MR) is 257 cm³/mol. The average molecular weight is 1080 g/mol. The van der Waals surface area contributed by atoms with Crippen molar-refractivity contribution < 1.29 is 109 Å². The molecule has 0 radical (unpaired) electrons. The smallest absolute Gasteiger partial charge is 0.310 e. The van der Waals surface area contributed by atoms with E-state index in [1.807, 2.05) is 6.92 Å². The molecule has 0 unspecified atom stereocenters. The number of hydrogen-bond acceptors (Lipinski definition) is 21. The van der Waals surface area contributed by atoms with Crippen molar-refractivity contribution >= 4 is 5.97 Å². The Labute approximate surface area is 437 Å². The summed E-state index contributed by atoms with van der Waals surface area (Å²) in [7, 11) is 0. The van der Waals surface area contributed by atoms with E-state index >= 15 is 0 Å². The molecule has 5 aliphatic carbocycles. The van der Waals surface area contributed by atoms with Gasteiger partial charge in [0.2, 0.25) is 0 Å². The highest BCUT2D eigenvalue weighted by Crippen LogP contribution is 2.76. The Morgan fingerprint density at radius 2 is 1.20 bits per heavy atom. The zero-order valence-electron chi connectivity index (χ0n) is 44.2. The SMILES string of the molecule is C[C@@H]1O[C@@H](O[C@@H]2CO[C@@H](O[C@H]3CC[C@@]4(C)[C@@H](CC[C@]5(C)[C@@H]4CC=C4[C@@H]6CC(C)(C)CC[C@]6(C(=O)O)CC[C@]45C)[C@]3(C)CO)[C@H](O)[C@H]2O)[C@H](O)[C@H](O)[C@H]1O[C@@H]1O[C@H](CO)[C@@H](O)[C@H](O)[C@H]1O[C@@H]1O[C@H](CO)[C@@H](O)[C@H](O)[C@H]1O. The van der Waals surface area contributed by atoms with Crippen LogP contribution in [0.2, 0.25) is 0 Å². The zero-order chi connectivity index (χ0) is 54.7. The summed E-state index contributed by atoms with van der Waals surface area (Å²) in [6.45, 7) is 13.1. The molecule has 22 nitrogen and oxygen atoms in total. The molecule has 4 heterocycles. The minimum Gasteiger partial charge on any atom is -0.481 e. The third-order valence-electron chi connectivity index (χ3n) is 21.2. The standard InChI is InChI=1S/C53H86O22/c1-23-41(74-46-42(36(61)33(58)27(20-55)71-46)75-45-39(64)35(60)32(57)26(19-54)70-45)37(62)40(65)44(69-23)72-28-21-68-43(38(63)34(28)59)73-31-11-12-49(4)29(50(31,5)22-56)10-13-52(7)30(49)9-8-24-25-18-48(2,3)14-16-53(25,47(66)67)17-15-51(24,52)6/h8,23,25-46,54-65H,9-22H2,1-7H3,(H,66,67)/t23-,25-,26+,27+,28+,29+,30+,31-,32+,33+,34-,35-,36-,37-,38+,39+,40+,41-,42+,43-,44-,45-,46-,49-,50-,51+,52+,53-/m0/s1. The van der Waals surface area contributed by atoms with Gasteiger partial charge in [-0.05, 0) is 111 Å². The molecule has 8 fully saturated rings. The summed E-state index contributed by atoms with van der Waals surface area (Å²) in [6, 6.07) is 0. The fraction of sp³-hybridized carbons (Fsp3) is 0.943. The molecule has 0 bridgehead atoms. The molecule has 0 aromatic carbocycles. The molecule has 0 amide bonds. The molecular formula is C53H86O22. The van der Waals surface area contributed by atoms with Gasteiger partial charge in [-0.25, -0.2) is 0 Å². The number of carboxylic acids is 1. The van der Waals surface area contributed by atoms with Gasteiger partial charge in [0.25, 0.3) is 0 Å². The maximum absolute atomic E-state index is 13.1. The van der Waals surface area contributed by atoms with Gasteiger partial charge in [-0.15, -0.1) is 0 Å². The number of fused-ring (bicyclic) bond motifs is 7. The summed E-state index contributed by atoms with van der Waals surface area (Å²) in [5, 5.41) is 141. The Balaban J connectivity index is 0.838. The molecule has 4 aliphatic heterocycles. The van der Waals surface area contributed by atoms with E-state index in [0.29, 0.717) is 19.3 Å². The zero-order valence-corrected chi connectivity index (χ0v) is 44.2. The van der Waals surface area contributed by atoms with Crippen molar-refractivity contribution in [3.63, 3.8) is 0 Å². The Morgan fingerprint density at radius 3 is 1.85 bits per heavy atom. The van der Waals surface area contributed by atoms with Gasteiger partial charge in [-0.2, -0.15) is 0 Å². The molecule has 0 spiro atoms. The van der Waals surface area contributed by atoms with E-state index in [9.17, 15) is 71.2 Å². The van der Waals surface area contributed by atoms with E-state index in [4.69, 9.17) is 37.9 Å². The van der Waals surface area contributed by atoms with E-state index in [1.165, 1.54) is 12.5 Å². The van der Waals surface area contributed by atoms with Crippen molar-refractivity contribution in [1.82, 2.24) is 0 Å². The van der Waals surface area contributed by atoms with Gasteiger partial charge in [-0.1, -0.05) is 53.2 Å². The molecule has 430 valence electrons. The Morgan fingerprint density at radius 1 is 0.613 bits per heavy atom. The van der Waals surface area contributed by atoms with Crippen LogP contribution in [0.3, 0.4) is 0 Å². The Bertz CT molecular complexity index is 2060. The number of ether oxygens (including phenoxy) is 8. The van der Waals surface area contributed by atoms with Gasteiger partial charge in [0, 0.05) is 5.41 Å². The molecule has 4 saturated heterocycles. The number of allylic oxidation sites excluding steroid dienone is 2. The molecule has 28 atom stereocenters. The first-order valence-electron chi connectivity index (χ1n) is 27.3. The number of hydrogen-bond donors (Lipinski definition) is 13. The predicted octanol–water partition coefficient (Wildman–Crippen LogP) is -0.830. The van der Waals surface area contributed by atoms with Crippen LogP contribution in [-0.4, -0.2) is 222 Å². The van der Waals surface area contributed by atoms with Crippen LogP contribution in [-0.2, 0) is 42.7 Å². The van der Waals surface area contributed by atoms with Crippen LogP contribution >= 0.6 is 0 Å². The third kappa shape index (κ3) is 9.40. The van der Waals surface area contributed by atoms with Gasteiger partial charge in [-0.3, -0.25) is 4.79 Å². The van der Waals surface area contributed by atoms with E-state index < -0.39 is 153 Å². The topological polar surface area (TPSA) is 354 Å². The molecule has 22 heteroatoms. The van der Waals surface area contributed by atoms with Gasteiger partial charge >= 0.3 is 5.97 Å². The quantitative estimate of drug-likeness (QED) is 0.0838. The number of aliphatic carboxylic acids is 1. The summed E-state index contributed by atoms with van der Waals surface area (Å²) < 4.78 is 47.4. The van der Waals surface area contributed by atoms with Crippen molar-refractivity contribution in [1.29, 1.82) is 0 Å². The minimum absolute atomic E-state index is 0.00989. The number of carboxylic acid groups (broad SMARTS) is 1. The maximum atomic E-state index is 13.1. The normalized spacial score (nSPS) is 54.9. The van der Waals surface area contributed by atoms with Crippen molar-refractivity contribution in [2.45, 2.75) is 235 Å². The summed E-state index contributed by atoms with van der Waals surface area (Å²) >= 11 is 0. The van der Waals surface area contributed by atoms with Crippen LogP contribution in [0, 0.1) is 50.2 Å². The highest BCUT2D eigenvalue weighted by atomic mass is 16.8. The summed E-state index contributed by atoms with van der Waals surface area (Å²) in [5.74, 6) is -0.399. The molecule has 4 saturated carbocycles. The van der Waals surface area contributed by atoms with E-state index in [-0.39, 0.29) is 52.6 Å². The van der Waals surface area contributed by atoms with Crippen LogP contribution in [0.15, 0.2) is 11.6 Å². The fourth-order valence-electron chi connectivity index (χ4n) is 16.3. The lowest BCUT2D eigenvalue weighted by molar-refractivity contribution is -0.391. The van der Waals surface area contributed by atoms with Crippen LogP contribution in [0.5, 0.6) is 0 Å². The molecule has 13 N–H and O–H groups in total. The van der Waals surface area contributed by atoms with Gasteiger partial charge in [0.1, 0.15) is 85.5 Å². The molecular weight excluding hydrogens is 989 g/mol. The summed E-state index contributed by atoms with van der Waals surface area (Å²) in [4.78, 5) is 13.1. The van der Waals surface area contributed by atoms with Crippen molar-refractivity contribution in [3.8, 4) is 0 Å². The van der Waals surface area contributed by atoms with Gasteiger partial charge in [0.05, 0.1) is 44.1 Å². The first kappa shape index (κ1) is 58.1. The van der Waals surface area contributed by atoms with E-state index in [2.05, 4.69) is 40.7 Å². The maximum Gasteiger partial charge on any atom is 0.310 e. The number of rotatable bonds is 12. The highest BCUT2D eigenvalue weighted by Gasteiger charge is 2.70. The van der Waals surface area contributed by atoms with Gasteiger partial charge in [0.15, 0.2) is 25.2 Å². The lowest BCUT2D eigenvalue weighted by Gasteiger charge is -2.71. The number of aliphatic hydroxyl groups excluding tert-OH is 12. The lowest BCUT2D eigenvalue weighted by atomic mass is 9.33. The number of carbonyl (C=O) groups is 1. The average Bonchev–Trinajstić information content (AvgIpc) is 3.38. The molecule has 75 heavy (non-hydrogen) atoms. The molecule has 0 aromatic rings. The molecule has 0 aromatic heterocycles. The minimum atomic E-state index is -1.93. The third-order valence-corrected chi connectivity index (χ3v) is 21.2. The molecule has 9 rings (SSSR count). The first-order chi connectivity index (χ1) is 35.2. The monoisotopic (exact) mass is 1070 g/mol. The summed E-state index contributed by atoms with van der Waals surface area (Å²) in [5.41, 5.74) is -0.620. The van der Waals surface area contributed by atoms with Crippen LogP contribution in [0.1, 0.15) is 113 Å². The van der Waals surface area contributed by atoms with Crippen molar-refractivity contribution in [3.05, 3.63) is 11.6 Å². The largest absolute Gasteiger partial charge is 0.481 e.